The number of hydrogen-bond acceptors (Lipinski definition) is 5. The number of nitrogens with one attached hydrogen (secondary N) is 2. The topological polar surface area (TPSA) is 108 Å². The molecule has 2 amide bonds. The van der Waals surface area contributed by atoms with Crippen molar-refractivity contribution in [3.63, 3.8) is 0 Å². The molecule has 27 heavy (non-hydrogen) atoms. The second-order valence-corrected chi connectivity index (χ2v) is 8.29. The van der Waals surface area contributed by atoms with Gasteiger partial charge in [-0.15, -0.1) is 4.40 Å². The van der Waals surface area contributed by atoms with Crippen LogP contribution in [-0.4, -0.2) is 45.2 Å². The molecule has 0 radical (unpaired) electrons. The summed E-state index contributed by atoms with van der Waals surface area (Å²) in [4.78, 5) is 26.2. The lowest BCUT2D eigenvalue weighted by Gasteiger charge is -2.29. The van der Waals surface area contributed by atoms with Crippen LogP contribution in [0.25, 0.3) is 0 Å². The van der Waals surface area contributed by atoms with Gasteiger partial charge in [0.2, 0.25) is 5.91 Å². The van der Waals surface area contributed by atoms with E-state index in [4.69, 9.17) is 0 Å². The number of carbonyl (C=O) groups is 2. The van der Waals surface area contributed by atoms with Crippen molar-refractivity contribution in [2.45, 2.75) is 50.5 Å². The average Bonchev–Trinajstić information content (AvgIpc) is 2.86. The molecule has 2 aliphatic heterocycles. The summed E-state index contributed by atoms with van der Waals surface area (Å²) in [6.45, 7) is 4.54. The minimum atomic E-state index is -3.85. The lowest BCUT2D eigenvalue weighted by atomic mass is 10.1. The van der Waals surface area contributed by atoms with Crippen molar-refractivity contribution in [2.24, 2.45) is 4.40 Å². The van der Waals surface area contributed by atoms with Gasteiger partial charge in [0.15, 0.2) is 0 Å². The minimum Gasteiger partial charge on any atom is -0.355 e. The number of nitrogens with zero attached hydrogens (tertiary/aromatic N) is 2. The summed E-state index contributed by atoms with van der Waals surface area (Å²) < 4.78 is 29.2. The van der Waals surface area contributed by atoms with Crippen LogP contribution < -0.4 is 15.5 Å². The van der Waals surface area contributed by atoms with Gasteiger partial charge in [-0.05, 0) is 44.9 Å². The maximum Gasteiger partial charge on any atom is 0.286 e. The fourth-order valence-electron chi connectivity index (χ4n) is 3.29. The number of amides is 2. The Morgan fingerprint density at radius 2 is 2.04 bits per heavy atom. The molecule has 1 aromatic rings. The van der Waals surface area contributed by atoms with Crippen LogP contribution in [0.5, 0.6) is 0 Å². The summed E-state index contributed by atoms with van der Waals surface area (Å²) in [6, 6.07) is 3.86. The van der Waals surface area contributed by atoms with E-state index in [1.54, 1.807) is 26.0 Å². The highest BCUT2D eigenvalue weighted by Gasteiger charge is 2.32. The molecule has 1 saturated heterocycles. The molecule has 0 unspecified atom stereocenters. The third-order valence-electron chi connectivity index (χ3n) is 4.70. The Bertz CT molecular complexity index is 895. The lowest BCUT2D eigenvalue weighted by molar-refractivity contribution is -0.122. The summed E-state index contributed by atoms with van der Waals surface area (Å²) in [7, 11) is -3.85. The first-order chi connectivity index (χ1) is 12.8. The minimum absolute atomic E-state index is 0.0338. The smallest absolute Gasteiger partial charge is 0.286 e. The van der Waals surface area contributed by atoms with E-state index in [1.165, 1.54) is 6.07 Å². The number of sulfonamides is 1. The van der Waals surface area contributed by atoms with Gasteiger partial charge in [0.05, 0.1) is 5.69 Å². The number of benzene rings is 1. The van der Waals surface area contributed by atoms with E-state index in [0.29, 0.717) is 31.0 Å². The van der Waals surface area contributed by atoms with Crippen molar-refractivity contribution in [1.82, 2.24) is 10.6 Å². The summed E-state index contributed by atoms with van der Waals surface area (Å²) in [5, 5.41) is 5.21. The highest BCUT2D eigenvalue weighted by Crippen LogP contribution is 2.34. The molecule has 9 heteroatoms. The molecule has 0 aliphatic carbocycles. The Kier molecular flexibility index (Phi) is 5.50. The predicted molar refractivity (Wildman–Crippen MR) is 102 cm³/mol. The van der Waals surface area contributed by atoms with Gasteiger partial charge in [-0.1, -0.05) is 6.42 Å². The second-order valence-electron chi connectivity index (χ2n) is 6.72. The first-order valence-corrected chi connectivity index (χ1v) is 10.6. The zero-order valence-corrected chi connectivity index (χ0v) is 16.3. The molecule has 8 nitrogen and oxygen atoms in total. The maximum absolute atomic E-state index is 12.6. The van der Waals surface area contributed by atoms with Crippen molar-refractivity contribution in [3.8, 4) is 0 Å². The van der Waals surface area contributed by atoms with E-state index in [-0.39, 0.29) is 16.4 Å². The van der Waals surface area contributed by atoms with E-state index in [1.807, 2.05) is 4.90 Å². The molecule has 2 N–H and O–H groups in total. The van der Waals surface area contributed by atoms with E-state index < -0.39 is 22.0 Å². The highest BCUT2D eigenvalue weighted by atomic mass is 32.2. The van der Waals surface area contributed by atoms with Crippen LogP contribution in [0, 0.1) is 0 Å². The van der Waals surface area contributed by atoms with Crippen LogP contribution in [0.4, 0.5) is 5.69 Å². The Morgan fingerprint density at radius 3 is 2.78 bits per heavy atom. The van der Waals surface area contributed by atoms with Gasteiger partial charge in [-0.2, -0.15) is 8.42 Å². The molecule has 3 rings (SSSR count). The zero-order chi connectivity index (χ0) is 19.6. The van der Waals surface area contributed by atoms with Gasteiger partial charge in [-0.25, -0.2) is 0 Å². The van der Waals surface area contributed by atoms with E-state index in [0.717, 1.165) is 19.3 Å². The van der Waals surface area contributed by atoms with Gasteiger partial charge in [0.1, 0.15) is 16.8 Å². The average molecular weight is 392 g/mol. The van der Waals surface area contributed by atoms with Crippen LogP contribution in [-0.2, 0) is 14.8 Å². The molecular formula is C18H24N4O4S. The molecule has 1 fully saturated rings. The molecular weight excluding hydrogens is 368 g/mol. The Hall–Kier alpha value is -2.42. The first-order valence-electron chi connectivity index (χ1n) is 9.17. The van der Waals surface area contributed by atoms with E-state index >= 15 is 0 Å². The molecule has 0 bridgehead atoms. The van der Waals surface area contributed by atoms with Crippen molar-refractivity contribution in [2.75, 3.05) is 18.0 Å². The molecule has 2 aliphatic rings. The molecule has 1 atom stereocenters. The first kappa shape index (κ1) is 19.3. The predicted octanol–water partition coefficient (Wildman–Crippen LogP) is 1.42. The van der Waals surface area contributed by atoms with Gasteiger partial charge in [0, 0.05) is 25.1 Å². The monoisotopic (exact) mass is 392 g/mol. The lowest BCUT2D eigenvalue weighted by Crippen LogP contribution is -2.44. The quantitative estimate of drug-likeness (QED) is 0.806. The van der Waals surface area contributed by atoms with Crippen LogP contribution >= 0.6 is 0 Å². The standard InChI is InChI=1S/C18H24N4O4S/c1-3-19-17(23)12(2)20-18(24)13-8-9-14-15(11-13)27(25,26)21-16-7-5-4-6-10-22(14)16/h8-9,11-12H,3-7,10H2,1-2H3,(H,19,23)(H,20,24)/t12-/m1/s1. The Balaban J connectivity index is 1.89. The Labute approximate surface area is 159 Å². The number of fused-ring (bicyclic) bond motifs is 3. The summed E-state index contributed by atoms with van der Waals surface area (Å²) >= 11 is 0. The van der Waals surface area contributed by atoms with Crippen LogP contribution in [0.3, 0.4) is 0 Å². The molecule has 0 aromatic heterocycles. The summed E-state index contributed by atoms with van der Waals surface area (Å²) in [5.41, 5.74) is 0.747. The third-order valence-corrected chi connectivity index (χ3v) is 6.04. The Morgan fingerprint density at radius 1 is 1.26 bits per heavy atom. The van der Waals surface area contributed by atoms with Gasteiger partial charge in [0.25, 0.3) is 15.9 Å². The van der Waals surface area contributed by atoms with Crippen molar-refractivity contribution < 1.29 is 18.0 Å². The number of anilines is 1. The van der Waals surface area contributed by atoms with E-state index in [9.17, 15) is 18.0 Å². The fourth-order valence-corrected chi connectivity index (χ4v) is 4.58. The molecule has 2 heterocycles. The molecule has 146 valence electrons. The van der Waals surface area contributed by atoms with Crippen LogP contribution in [0.2, 0.25) is 0 Å². The number of hydrogen-bond donors (Lipinski definition) is 2. The molecule has 1 aromatic carbocycles. The van der Waals surface area contributed by atoms with Gasteiger partial charge >= 0.3 is 0 Å². The summed E-state index contributed by atoms with van der Waals surface area (Å²) in [5.74, 6) is -0.227. The van der Waals surface area contributed by atoms with E-state index in [2.05, 4.69) is 15.0 Å². The van der Waals surface area contributed by atoms with Gasteiger partial charge in [-0.3, -0.25) is 9.59 Å². The van der Waals surface area contributed by atoms with Crippen LogP contribution in [0.15, 0.2) is 27.5 Å². The number of rotatable bonds is 4. The fraction of sp³-hybridized carbons (Fsp3) is 0.500. The highest BCUT2D eigenvalue weighted by molar-refractivity contribution is 7.90. The molecule has 0 spiro atoms. The van der Waals surface area contributed by atoms with Crippen molar-refractivity contribution in [3.05, 3.63) is 23.8 Å². The molecule has 0 saturated carbocycles. The SMILES string of the molecule is CCNC(=O)[C@@H](C)NC(=O)c1ccc2c(c1)S(=O)(=O)N=C1CCCCCN12. The van der Waals surface area contributed by atoms with Crippen molar-refractivity contribution in [1.29, 1.82) is 0 Å². The number of carbonyl (C=O) groups excluding carboxylic acids is 2. The number of amidine groups is 1. The summed E-state index contributed by atoms with van der Waals surface area (Å²) in [6.07, 6.45) is 3.54. The number of likely N-dealkylation sites (N-methyl/N-ethyl adjacent to an activating group) is 1. The second kappa shape index (κ2) is 7.67. The third kappa shape index (κ3) is 3.97. The maximum atomic E-state index is 12.6. The zero-order valence-electron chi connectivity index (χ0n) is 15.5. The van der Waals surface area contributed by atoms with Crippen molar-refractivity contribution >= 4 is 33.4 Å². The largest absolute Gasteiger partial charge is 0.355 e. The van der Waals surface area contributed by atoms with Crippen LogP contribution in [0.1, 0.15) is 49.9 Å². The van der Waals surface area contributed by atoms with Gasteiger partial charge < -0.3 is 15.5 Å². The normalized spacial score (nSPS) is 19.0.